The minimum Gasteiger partial charge on any atom is -0.384 e. The third-order valence-corrected chi connectivity index (χ3v) is 4.01. The zero-order chi connectivity index (χ0) is 16.0. The minimum absolute atomic E-state index is 0.0399. The molecule has 21 heavy (non-hydrogen) atoms. The maximum absolute atomic E-state index is 10.8. The van der Waals surface area contributed by atoms with Gasteiger partial charge in [-0.3, -0.25) is 10.1 Å². The lowest BCUT2D eigenvalue weighted by atomic mass is 9.86. The second kappa shape index (κ2) is 7.64. The van der Waals surface area contributed by atoms with E-state index in [1.165, 1.54) is 25.3 Å². The van der Waals surface area contributed by atoms with Gasteiger partial charge in [-0.2, -0.15) is 0 Å². The van der Waals surface area contributed by atoms with E-state index in [2.05, 4.69) is 26.1 Å². The van der Waals surface area contributed by atoms with Gasteiger partial charge in [0.1, 0.15) is 5.02 Å². The van der Waals surface area contributed by atoms with Gasteiger partial charge in [0.15, 0.2) is 0 Å². The summed E-state index contributed by atoms with van der Waals surface area (Å²) in [6, 6.07) is 3.17. The highest BCUT2D eigenvalue weighted by atomic mass is 35.5. The molecule has 0 aliphatic carbocycles. The number of hydrogen-bond acceptors (Lipinski definition) is 3. The summed E-state index contributed by atoms with van der Waals surface area (Å²) >= 11 is 5.97. The van der Waals surface area contributed by atoms with Crippen LogP contribution in [-0.2, 0) is 0 Å². The molecule has 0 bridgehead atoms. The van der Waals surface area contributed by atoms with Crippen LogP contribution in [-0.4, -0.2) is 11.5 Å². The lowest BCUT2D eigenvalue weighted by molar-refractivity contribution is -0.384. The van der Waals surface area contributed by atoms with Gasteiger partial charge in [-0.1, -0.05) is 51.6 Å². The van der Waals surface area contributed by atoms with Crippen LogP contribution in [0.15, 0.2) is 12.1 Å². The molecule has 0 saturated heterocycles. The summed E-state index contributed by atoms with van der Waals surface area (Å²) in [5.74, 6) is 0. The molecule has 1 rings (SSSR count). The van der Waals surface area contributed by atoms with Crippen molar-refractivity contribution in [2.75, 3.05) is 11.9 Å². The van der Waals surface area contributed by atoms with Crippen molar-refractivity contribution in [3.05, 3.63) is 32.8 Å². The summed E-state index contributed by atoms with van der Waals surface area (Å²) in [6.45, 7) is 9.35. The fourth-order valence-corrected chi connectivity index (χ4v) is 2.51. The summed E-state index contributed by atoms with van der Waals surface area (Å²) in [6.07, 6.45) is 4.87. The molecule has 0 unspecified atom stereocenters. The highest BCUT2D eigenvalue weighted by molar-refractivity contribution is 6.33. The molecule has 0 atom stereocenters. The molecule has 5 heteroatoms. The van der Waals surface area contributed by atoms with Crippen LogP contribution in [0.2, 0.25) is 5.02 Å². The van der Waals surface area contributed by atoms with Gasteiger partial charge in [-0.25, -0.2) is 0 Å². The molecule has 0 spiro atoms. The van der Waals surface area contributed by atoms with E-state index in [0.29, 0.717) is 0 Å². The Bertz CT molecular complexity index is 501. The Morgan fingerprint density at radius 2 is 2.00 bits per heavy atom. The summed E-state index contributed by atoms with van der Waals surface area (Å²) in [5.41, 5.74) is 1.86. The first kappa shape index (κ1) is 17.8. The van der Waals surface area contributed by atoms with Crippen LogP contribution in [0.25, 0.3) is 0 Å². The van der Waals surface area contributed by atoms with Crippen LogP contribution in [0.4, 0.5) is 11.4 Å². The average Bonchev–Trinajstić information content (AvgIpc) is 2.39. The molecule has 1 aromatic rings. The summed E-state index contributed by atoms with van der Waals surface area (Å²) in [7, 11) is 0. The Morgan fingerprint density at radius 1 is 1.33 bits per heavy atom. The minimum atomic E-state index is -0.451. The van der Waals surface area contributed by atoms with E-state index in [-0.39, 0.29) is 16.1 Å². The quantitative estimate of drug-likeness (QED) is 0.387. The molecule has 0 heterocycles. The predicted octanol–water partition coefficient (Wildman–Crippen LogP) is 5.58. The van der Waals surface area contributed by atoms with E-state index in [1.807, 2.05) is 6.92 Å². The molecule has 0 aromatic heterocycles. The number of unbranched alkanes of at least 4 members (excludes halogenated alkanes) is 2. The normalized spacial score (nSPS) is 11.5. The van der Waals surface area contributed by atoms with Crippen molar-refractivity contribution in [1.29, 1.82) is 0 Å². The summed E-state index contributed by atoms with van der Waals surface area (Å²) < 4.78 is 0. The van der Waals surface area contributed by atoms with Gasteiger partial charge >= 0.3 is 0 Å². The van der Waals surface area contributed by atoms with Gasteiger partial charge in [0.05, 0.1) is 4.92 Å². The van der Waals surface area contributed by atoms with E-state index in [9.17, 15) is 10.1 Å². The van der Waals surface area contributed by atoms with Crippen molar-refractivity contribution in [2.24, 2.45) is 5.41 Å². The maximum atomic E-state index is 10.8. The van der Waals surface area contributed by atoms with Gasteiger partial charge in [-0.05, 0) is 30.4 Å². The molecule has 0 radical (unpaired) electrons. The highest BCUT2D eigenvalue weighted by Gasteiger charge is 2.19. The van der Waals surface area contributed by atoms with Gasteiger partial charge in [-0.15, -0.1) is 0 Å². The van der Waals surface area contributed by atoms with Gasteiger partial charge in [0, 0.05) is 18.3 Å². The van der Waals surface area contributed by atoms with Crippen LogP contribution in [0.1, 0.15) is 52.0 Å². The van der Waals surface area contributed by atoms with Crippen LogP contribution in [0, 0.1) is 22.5 Å². The molecule has 1 aromatic carbocycles. The predicted molar refractivity (Wildman–Crippen MR) is 89.3 cm³/mol. The number of anilines is 1. The highest BCUT2D eigenvalue weighted by Crippen LogP contribution is 2.32. The third-order valence-electron chi connectivity index (χ3n) is 3.71. The largest absolute Gasteiger partial charge is 0.384 e. The Morgan fingerprint density at radius 3 is 2.57 bits per heavy atom. The zero-order valence-corrected chi connectivity index (χ0v) is 14.1. The van der Waals surface area contributed by atoms with Crippen molar-refractivity contribution in [1.82, 2.24) is 0 Å². The molecular weight excluding hydrogens is 288 g/mol. The number of hydrogen-bond donors (Lipinski definition) is 1. The summed E-state index contributed by atoms with van der Waals surface area (Å²) in [4.78, 5) is 10.4. The van der Waals surface area contributed by atoms with E-state index < -0.39 is 4.92 Å². The number of halogens is 1. The fraction of sp³-hybridized carbons (Fsp3) is 0.625. The number of nitro groups is 1. The van der Waals surface area contributed by atoms with E-state index in [4.69, 9.17) is 11.6 Å². The van der Waals surface area contributed by atoms with E-state index in [1.54, 1.807) is 6.07 Å². The topological polar surface area (TPSA) is 55.2 Å². The smallest absolute Gasteiger partial charge is 0.288 e. The molecule has 0 aliphatic heterocycles. The van der Waals surface area contributed by atoms with Crippen LogP contribution >= 0.6 is 11.6 Å². The fourth-order valence-electron chi connectivity index (χ4n) is 2.27. The van der Waals surface area contributed by atoms with Crippen molar-refractivity contribution >= 4 is 23.0 Å². The first-order chi connectivity index (χ1) is 9.76. The second-order valence-corrected chi connectivity index (χ2v) is 6.76. The number of nitrogens with one attached hydrogen (secondary N) is 1. The van der Waals surface area contributed by atoms with E-state index in [0.717, 1.165) is 24.2 Å². The number of benzene rings is 1. The number of nitro benzene ring substituents is 1. The van der Waals surface area contributed by atoms with Crippen molar-refractivity contribution in [3.63, 3.8) is 0 Å². The molecule has 4 nitrogen and oxygen atoms in total. The van der Waals surface area contributed by atoms with Crippen LogP contribution < -0.4 is 5.32 Å². The monoisotopic (exact) mass is 312 g/mol. The lowest BCUT2D eigenvalue weighted by Gasteiger charge is -2.26. The average molecular weight is 313 g/mol. The van der Waals surface area contributed by atoms with Crippen molar-refractivity contribution in [2.45, 2.75) is 53.4 Å². The SMILES string of the molecule is CCCCCC(C)(C)CNc1cc(Cl)c([N+](=O)[O-])cc1C. The Kier molecular flexibility index (Phi) is 6.46. The Labute approximate surface area is 132 Å². The third kappa shape index (κ3) is 5.54. The Balaban J connectivity index is 2.71. The number of aryl methyl sites for hydroxylation is 1. The standard InChI is InChI=1S/C16H25ClN2O2/c1-5-6-7-8-16(3,4)11-18-14-10-13(17)15(19(20)21)9-12(14)2/h9-10,18H,5-8,11H2,1-4H3. The molecule has 0 amide bonds. The second-order valence-electron chi connectivity index (χ2n) is 6.35. The maximum Gasteiger partial charge on any atom is 0.288 e. The van der Waals surface area contributed by atoms with Gasteiger partial charge < -0.3 is 5.32 Å². The van der Waals surface area contributed by atoms with Crippen molar-refractivity contribution in [3.8, 4) is 0 Å². The zero-order valence-electron chi connectivity index (χ0n) is 13.3. The molecule has 0 fully saturated rings. The first-order valence-corrected chi connectivity index (χ1v) is 7.83. The number of nitrogens with zero attached hydrogens (tertiary/aromatic N) is 1. The van der Waals surface area contributed by atoms with Gasteiger partial charge in [0.2, 0.25) is 0 Å². The summed E-state index contributed by atoms with van der Waals surface area (Å²) in [5, 5.41) is 14.4. The first-order valence-electron chi connectivity index (χ1n) is 7.45. The molecular formula is C16H25ClN2O2. The van der Waals surface area contributed by atoms with Crippen LogP contribution in [0.3, 0.4) is 0 Å². The lowest BCUT2D eigenvalue weighted by Crippen LogP contribution is -2.23. The van der Waals surface area contributed by atoms with Crippen molar-refractivity contribution < 1.29 is 4.92 Å². The van der Waals surface area contributed by atoms with Crippen LogP contribution in [0.5, 0.6) is 0 Å². The van der Waals surface area contributed by atoms with E-state index >= 15 is 0 Å². The molecule has 118 valence electrons. The number of rotatable bonds is 8. The Hall–Kier alpha value is -1.29. The molecule has 0 saturated carbocycles. The van der Waals surface area contributed by atoms with Gasteiger partial charge in [0.25, 0.3) is 5.69 Å². The molecule has 1 N–H and O–H groups in total. The molecule has 0 aliphatic rings.